The number of ether oxygens (including phenoxy) is 2. The van der Waals surface area contributed by atoms with Crippen LogP contribution in [0.4, 0.5) is 11.4 Å². The van der Waals surface area contributed by atoms with Crippen molar-refractivity contribution in [3.8, 4) is 11.5 Å². The number of methoxy groups -OCH3 is 2. The van der Waals surface area contributed by atoms with Gasteiger partial charge in [0.05, 0.1) is 29.7 Å². The molecule has 0 saturated carbocycles. The van der Waals surface area contributed by atoms with Crippen LogP contribution in [0.25, 0.3) is 0 Å². The SMILES string of the molecule is CNC(=O)[C@@H](C)N(Cc1ccc(OC)cc1)C(=O)CN(c1cc(Cl)ccc1OC)S(=O)(=O)c1ccc(C)c([N+](=O)[O-])c1. The molecule has 0 unspecified atom stereocenters. The Hall–Kier alpha value is -4.36. The summed E-state index contributed by atoms with van der Waals surface area (Å²) in [6, 6.07) is 13.5. The number of benzene rings is 3. The van der Waals surface area contributed by atoms with Gasteiger partial charge < -0.3 is 19.7 Å². The second-order valence-corrected chi connectivity index (χ2v) is 11.5. The summed E-state index contributed by atoms with van der Waals surface area (Å²) >= 11 is 6.22. The Morgan fingerprint density at radius 2 is 1.71 bits per heavy atom. The molecule has 0 aromatic heterocycles. The molecular weight excluding hydrogens is 588 g/mol. The van der Waals surface area contributed by atoms with E-state index >= 15 is 0 Å². The first kappa shape index (κ1) is 32.2. The molecule has 42 heavy (non-hydrogen) atoms. The number of likely N-dealkylation sites (N-methyl/N-ethyl adjacent to an activating group) is 1. The van der Waals surface area contributed by atoms with Crippen molar-refractivity contribution in [1.29, 1.82) is 0 Å². The quantitative estimate of drug-likeness (QED) is 0.237. The van der Waals surface area contributed by atoms with E-state index in [0.717, 1.165) is 10.4 Å². The average molecular weight is 619 g/mol. The van der Waals surface area contributed by atoms with Gasteiger partial charge in [-0.1, -0.05) is 29.8 Å². The van der Waals surface area contributed by atoms with Gasteiger partial charge in [-0.05, 0) is 55.8 Å². The molecular formula is C28H31ClN4O8S. The number of nitrogens with zero attached hydrogens (tertiary/aromatic N) is 3. The molecule has 0 heterocycles. The van der Waals surface area contributed by atoms with Gasteiger partial charge in [0.2, 0.25) is 11.8 Å². The molecule has 0 saturated heterocycles. The number of hydrogen-bond acceptors (Lipinski definition) is 8. The number of aryl methyl sites for hydroxylation is 1. The minimum Gasteiger partial charge on any atom is -0.497 e. The Kier molecular flexibility index (Phi) is 10.4. The van der Waals surface area contributed by atoms with E-state index in [9.17, 15) is 28.1 Å². The Labute approximate surface area is 249 Å². The van der Waals surface area contributed by atoms with Crippen LogP contribution in [0, 0.1) is 17.0 Å². The minimum absolute atomic E-state index is 0.0337. The summed E-state index contributed by atoms with van der Waals surface area (Å²) in [5.41, 5.74) is 0.434. The molecule has 14 heteroatoms. The third-order valence-corrected chi connectivity index (χ3v) is 8.57. The van der Waals surface area contributed by atoms with E-state index in [1.54, 1.807) is 24.3 Å². The van der Waals surface area contributed by atoms with Crippen LogP contribution in [0.1, 0.15) is 18.1 Å². The van der Waals surface area contributed by atoms with Crippen LogP contribution in [0.2, 0.25) is 5.02 Å². The smallest absolute Gasteiger partial charge is 0.273 e. The van der Waals surface area contributed by atoms with E-state index in [2.05, 4.69) is 5.32 Å². The molecule has 0 aliphatic carbocycles. The molecule has 0 radical (unpaired) electrons. The third-order valence-electron chi connectivity index (χ3n) is 6.58. The van der Waals surface area contributed by atoms with Gasteiger partial charge in [0, 0.05) is 30.2 Å². The summed E-state index contributed by atoms with van der Waals surface area (Å²) < 4.78 is 39.5. The molecule has 0 bridgehead atoms. The van der Waals surface area contributed by atoms with Crippen LogP contribution in [0.3, 0.4) is 0 Å². The number of amides is 2. The van der Waals surface area contributed by atoms with Crippen molar-refractivity contribution < 1.29 is 32.4 Å². The average Bonchev–Trinajstić information content (AvgIpc) is 2.97. The summed E-state index contributed by atoms with van der Waals surface area (Å²) in [6.07, 6.45) is 0. The van der Waals surface area contributed by atoms with Crippen LogP contribution in [0.15, 0.2) is 65.6 Å². The second kappa shape index (κ2) is 13.5. The van der Waals surface area contributed by atoms with Crippen molar-refractivity contribution >= 4 is 44.8 Å². The summed E-state index contributed by atoms with van der Waals surface area (Å²) in [4.78, 5) is 38.3. The summed E-state index contributed by atoms with van der Waals surface area (Å²) in [6.45, 7) is 2.18. The summed E-state index contributed by atoms with van der Waals surface area (Å²) in [5, 5.41) is 14.2. The molecule has 0 fully saturated rings. The maximum absolute atomic E-state index is 14.1. The van der Waals surface area contributed by atoms with E-state index in [4.69, 9.17) is 21.1 Å². The minimum atomic E-state index is -4.61. The second-order valence-electron chi connectivity index (χ2n) is 9.19. The molecule has 1 atom stereocenters. The van der Waals surface area contributed by atoms with E-state index < -0.39 is 49.9 Å². The lowest BCUT2D eigenvalue weighted by atomic mass is 10.1. The highest BCUT2D eigenvalue weighted by molar-refractivity contribution is 7.92. The van der Waals surface area contributed by atoms with Gasteiger partial charge in [-0.25, -0.2) is 8.42 Å². The fourth-order valence-corrected chi connectivity index (χ4v) is 5.77. The Morgan fingerprint density at radius 3 is 2.29 bits per heavy atom. The number of carbonyl (C=O) groups is 2. The highest BCUT2D eigenvalue weighted by atomic mass is 35.5. The predicted octanol–water partition coefficient (Wildman–Crippen LogP) is 3.93. The number of nitro benzene ring substituents is 1. The predicted molar refractivity (Wildman–Crippen MR) is 157 cm³/mol. The van der Waals surface area contributed by atoms with Crippen LogP contribution in [-0.2, 0) is 26.2 Å². The van der Waals surface area contributed by atoms with Gasteiger partial charge in [0.1, 0.15) is 24.1 Å². The molecule has 3 aromatic rings. The lowest BCUT2D eigenvalue weighted by Gasteiger charge is -2.32. The molecule has 3 aromatic carbocycles. The van der Waals surface area contributed by atoms with Gasteiger partial charge in [0.15, 0.2) is 0 Å². The fraction of sp³-hybridized carbons (Fsp3) is 0.286. The van der Waals surface area contributed by atoms with Crippen molar-refractivity contribution in [2.24, 2.45) is 0 Å². The van der Waals surface area contributed by atoms with Crippen molar-refractivity contribution in [3.05, 3.63) is 86.9 Å². The number of nitro groups is 1. The lowest BCUT2D eigenvalue weighted by molar-refractivity contribution is -0.385. The number of sulfonamides is 1. The summed E-state index contributed by atoms with van der Waals surface area (Å²) in [5.74, 6) is -0.526. The molecule has 3 rings (SSSR count). The number of hydrogen-bond donors (Lipinski definition) is 1. The highest BCUT2D eigenvalue weighted by Crippen LogP contribution is 2.36. The third kappa shape index (κ3) is 7.09. The maximum Gasteiger partial charge on any atom is 0.273 e. The van der Waals surface area contributed by atoms with Gasteiger partial charge in [-0.3, -0.25) is 24.0 Å². The van der Waals surface area contributed by atoms with Gasteiger partial charge in [-0.2, -0.15) is 0 Å². The standard InChI is InChI=1S/C28H31ClN4O8S/c1-18-6-12-23(15-24(18)33(36)37)42(38,39)32(25-14-21(29)9-13-26(25)41-5)17-27(34)31(19(2)28(35)30-3)16-20-7-10-22(40-4)11-8-20/h6-15,19H,16-17H2,1-5H3,(H,30,35)/t19-/m1/s1. The van der Waals surface area contributed by atoms with Crippen molar-refractivity contribution in [2.75, 3.05) is 32.1 Å². The first-order chi connectivity index (χ1) is 19.8. The van der Waals surface area contributed by atoms with E-state index in [1.165, 1.54) is 70.3 Å². The van der Waals surface area contributed by atoms with Crippen molar-refractivity contribution in [3.63, 3.8) is 0 Å². The zero-order valence-electron chi connectivity index (χ0n) is 23.7. The number of nitrogens with one attached hydrogen (secondary N) is 1. The monoisotopic (exact) mass is 618 g/mol. The Bertz CT molecular complexity index is 1580. The van der Waals surface area contributed by atoms with Gasteiger partial charge in [-0.15, -0.1) is 0 Å². The first-order valence-electron chi connectivity index (χ1n) is 12.6. The van der Waals surface area contributed by atoms with E-state index in [0.29, 0.717) is 11.3 Å². The number of anilines is 1. The molecule has 1 N–H and O–H groups in total. The molecule has 224 valence electrons. The largest absolute Gasteiger partial charge is 0.497 e. The fourth-order valence-electron chi connectivity index (χ4n) is 4.16. The highest BCUT2D eigenvalue weighted by Gasteiger charge is 2.34. The van der Waals surface area contributed by atoms with Crippen molar-refractivity contribution in [2.45, 2.75) is 31.3 Å². The number of halogens is 1. The summed E-state index contributed by atoms with van der Waals surface area (Å²) in [7, 11) is -0.356. The first-order valence-corrected chi connectivity index (χ1v) is 14.4. The lowest BCUT2D eigenvalue weighted by Crippen LogP contribution is -2.50. The maximum atomic E-state index is 14.1. The van der Waals surface area contributed by atoms with Crippen LogP contribution >= 0.6 is 11.6 Å². The van der Waals surface area contributed by atoms with Crippen LogP contribution < -0.4 is 19.1 Å². The number of rotatable bonds is 12. The molecule has 0 spiro atoms. The number of carbonyl (C=O) groups excluding carboxylic acids is 2. The normalized spacial score (nSPS) is 11.8. The van der Waals surface area contributed by atoms with E-state index in [-0.39, 0.29) is 28.6 Å². The van der Waals surface area contributed by atoms with Crippen molar-refractivity contribution in [1.82, 2.24) is 10.2 Å². The van der Waals surface area contributed by atoms with Crippen LogP contribution in [0.5, 0.6) is 11.5 Å². The van der Waals surface area contributed by atoms with E-state index in [1.807, 2.05) is 0 Å². The molecule has 2 amide bonds. The Morgan fingerprint density at radius 1 is 1.05 bits per heavy atom. The van der Waals surface area contributed by atoms with Gasteiger partial charge in [0.25, 0.3) is 15.7 Å². The van der Waals surface area contributed by atoms with Gasteiger partial charge >= 0.3 is 0 Å². The molecule has 0 aliphatic rings. The van der Waals surface area contributed by atoms with Crippen LogP contribution in [-0.4, -0.2) is 63.9 Å². The molecule has 0 aliphatic heterocycles. The Balaban J connectivity index is 2.15. The zero-order chi connectivity index (χ0) is 31.2. The molecule has 12 nitrogen and oxygen atoms in total. The topological polar surface area (TPSA) is 148 Å². The zero-order valence-corrected chi connectivity index (χ0v) is 25.2.